The van der Waals surface area contributed by atoms with Gasteiger partial charge in [-0.2, -0.15) is 0 Å². The number of aromatic nitrogens is 2. The van der Waals surface area contributed by atoms with E-state index in [1.165, 1.54) is 0 Å². The van der Waals surface area contributed by atoms with Crippen molar-refractivity contribution in [2.45, 2.75) is 57.2 Å². The van der Waals surface area contributed by atoms with E-state index in [-0.39, 0.29) is 5.91 Å². The van der Waals surface area contributed by atoms with Crippen LogP contribution in [0.4, 0.5) is 0 Å². The molecule has 18 heavy (non-hydrogen) atoms. The van der Waals surface area contributed by atoms with Gasteiger partial charge in [0.05, 0.1) is 6.33 Å². The standard InChI is InChI=1S/C13H22N4O/c14-11-3-5-12(6-4-11)16-13(18)2-1-8-17-9-7-15-10-17/h7,9-12H,1-6,8,14H2,(H,16,18). The van der Waals surface area contributed by atoms with Crippen LogP contribution < -0.4 is 11.1 Å². The molecule has 1 fully saturated rings. The van der Waals surface area contributed by atoms with Crippen LogP contribution in [0.5, 0.6) is 0 Å². The highest BCUT2D eigenvalue weighted by atomic mass is 16.1. The maximum atomic E-state index is 11.8. The molecule has 3 N–H and O–H groups in total. The van der Waals surface area contributed by atoms with Crippen molar-refractivity contribution in [2.75, 3.05) is 0 Å². The zero-order chi connectivity index (χ0) is 12.8. The van der Waals surface area contributed by atoms with E-state index >= 15 is 0 Å². The highest BCUT2D eigenvalue weighted by Crippen LogP contribution is 2.17. The third-order valence-corrected chi connectivity index (χ3v) is 3.52. The van der Waals surface area contributed by atoms with Gasteiger partial charge in [-0.05, 0) is 32.1 Å². The molecule has 1 aromatic rings. The molecule has 1 aliphatic carbocycles. The normalized spacial score (nSPS) is 23.8. The van der Waals surface area contributed by atoms with Gasteiger partial charge in [-0.3, -0.25) is 4.79 Å². The molecule has 0 radical (unpaired) electrons. The average Bonchev–Trinajstić information content (AvgIpc) is 2.85. The summed E-state index contributed by atoms with van der Waals surface area (Å²) in [4.78, 5) is 15.7. The molecule has 1 aliphatic rings. The van der Waals surface area contributed by atoms with Gasteiger partial charge in [0.25, 0.3) is 0 Å². The predicted octanol–water partition coefficient (Wildman–Crippen LogP) is 1.05. The zero-order valence-corrected chi connectivity index (χ0v) is 10.7. The van der Waals surface area contributed by atoms with Gasteiger partial charge in [-0.1, -0.05) is 0 Å². The molecule has 0 aromatic carbocycles. The van der Waals surface area contributed by atoms with Gasteiger partial charge in [0, 0.05) is 37.4 Å². The van der Waals surface area contributed by atoms with Crippen molar-refractivity contribution in [3.63, 3.8) is 0 Å². The van der Waals surface area contributed by atoms with Crippen LogP contribution >= 0.6 is 0 Å². The lowest BCUT2D eigenvalue weighted by atomic mass is 9.92. The highest BCUT2D eigenvalue weighted by Gasteiger charge is 2.19. The Morgan fingerprint density at radius 2 is 2.17 bits per heavy atom. The smallest absolute Gasteiger partial charge is 0.220 e. The Labute approximate surface area is 108 Å². The molecule has 1 amide bonds. The van der Waals surface area contributed by atoms with Crippen molar-refractivity contribution >= 4 is 5.91 Å². The molecule has 0 bridgehead atoms. The van der Waals surface area contributed by atoms with Crippen molar-refractivity contribution in [3.8, 4) is 0 Å². The molecule has 0 saturated heterocycles. The van der Waals surface area contributed by atoms with Gasteiger partial charge in [0.2, 0.25) is 5.91 Å². The fourth-order valence-corrected chi connectivity index (χ4v) is 2.40. The fourth-order valence-electron chi connectivity index (χ4n) is 2.40. The minimum absolute atomic E-state index is 0.163. The Morgan fingerprint density at radius 3 is 2.83 bits per heavy atom. The number of rotatable bonds is 5. The maximum Gasteiger partial charge on any atom is 0.220 e. The molecule has 0 atom stereocenters. The van der Waals surface area contributed by atoms with Crippen LogP contribution in [-0.4, -0.2) is 27.5 Å². The number of nitrogens with one attached hydrogen (secondary N) is 1. The number of carbonyl (C=O) groups excluding carboxylic acids is 1. The van der Waals surface area contributed by atoms with E-state index < -0.39 is 0 Å². The highest BCUT2D eigenvalue weighted by molar-refractivity contribution is 5.76. The lowest BCUT2D eigenvalue weighted by Crippen LogP contribution is -2.40. The molecule has 0 unspecified atom stereocenters. The maximum absolute atomic E-state index is 11.8. The summed E-state index contributed by atoms with van der Waals surface area (Å²) < 4.78 is 1.99. The van der Waals surface area contributed by atoms with E-state index in [2.05, 4.69) is 10.3 Å². The second-order valence-electron chi connectivity index (χ2n) is 5.08. The van der Waals surface area contributed by atoms with E-state index in [9.17, 15) is 4.79 Å². The van der Waals surface area contributed by atoms with E-state index in [0.29, 0.717) is 18.5 Å². The van der Waals surface area contributed by atoms with Crippen LogP contribution in [0.15, 0.2) is 18.7 Å². The molecular formula is C13H22N4O. The number of nitrogens with two attached hydrogens (primary N) is 1. The molecule has 5 nitrogen and oxygen atoms in total. The third kappa shape index (κ3) is 4.14. The van der Waals surface area contributed by atoms with Gasteiger partial charge in [0.1, 0.15) is 0 Å². The van der Waals surface area contributed by atoms with E-state index in [0.717, 1.165) is 38.6 Å². The van der Waals surface area contributed by atoms with E-state index in [4.69, 9.17) is 5.73 Å². The topological polar surface area (TPSA) is 72.9 Å². The second-order valence-corrected chi connectivity index (χ2v) is 5.08. The van der Waals surface area contributed by atoms with E-state index in [1.54, 1.807) is 12.5 Å². The molecule has 2 rings (SSSR count). The first-order chi connectivity index (χ1) is 8.74. The number of hydrogen-bond acceptors (Lipinski definition) is 3. The molecular weight excluding hydrogens is 228 g/mol. The van der Waals surface area contributed by atoms with E-state index in [1.807, 2.05) is 10.8 Å². The first-order valence-corrected chi connectivity index (χ1v) is 6.75. The van der Waals surface area contributed by atoms with Gasteiger partial charge in [-0.15, -0.1) is 0 Å². The molecule has 1 aromatic heterocycles. The summed E-state index contributed by atoms with van der Waals surface area (Å²) in [5.74, 6) is 0.163. The SMILES string of the molecule is NC1CCC(NC(=O)CCCn2ccnc2)CC1. The summed E-state index contributed by atoms with van der Waals surface area (Å²) in [6.07, 6.45) is 11.0. The van der Waals surface area contributed by atoms with Crippen LogP contribution in [0.2, 0.25) is 0 Å². The van der Waals surface area contributed by atoms with Gasteiger partial charge in [-0.25, -0.2) is 4.98 Å². The molecule has 5 heteroatoms. The van der Waals surface area contributed by atoms with Crippen LogP contribution in [-0.2, 0) is 11.3 Å². The summed E-state index contributed by atoms with van der Waals surface area (Å²) in [6, 6.07) is 0.671. The number of amides is 1. The monoisotopic (exact) mass is 250 g/mol. The lowest BCUT2D eigenvalue weighted by Gasteiger charge is -2.26. The number of aryl methyl sites for hydroxylation is 1. The Bertz CT molecular complexity index is 355. The first kappa shape index (κ1) is 13.1. The van der Waals surface area contributed by atoms with Crippen LogP contribution in [0, 0.1) is 0 Å². The molecule has 1 heterocycles. The summed E-state index contributed by atoms with van der Waals surface area (Å²) in [5.41, 5.74) is 5.84. The second kappa shape index (κ2) is 6.54. The third-order valence-electron chi connectivity index (χ3n) is 3.52. The zero-order valence-electron chi connectivity index (χ0n) is 10.7. The minimum atomic E-state index is 0.163. The van der Waals surface area contributed by atoms with Crippen LogP contribution in [0.1, 0.15) is 38.5 Å². The Hall–Kier alpha value is -1.36. The molecule has 1 saturated carbocycles. The number of carbonyl (C=O) groups is 1. The lowest BCUT2D eigenvalue weighted by molar-refractivity contribution is -0.122. The van der Waals surface area contributed by atoms with Crippen LogP contribution in [0.25, 0.3) is 0 Å². The minimum Gasteiger partial charge on any atom is -0.353 e. The van der Waals surface area contributed by atoms with Gasteiger partial charge < -0.3 is 15.6 Å². The number of nitrogens with zero attached hydrogens (tertiary/aromatic N) is 2. The predicted molar refractivity (Wildman–Crippen MR) is 69.8 cm³/mol. The van der Waals surface area contributed by atoms with Gasteiger partial charge >= 0.3 is 0 Å². The van der Waals surface area contributed by atoms with Crippen LogP contribution in [0.3, 0.4) is 0 Å². The summed E-state index contributed by atoms with van der Waals surface area (Å²) >= 11 is 0. The average molecular weight is 250 g/mol. The Morgan fingerprint density at radius 1 is 1.39 bits per heavy atom. The number of hydrogen-bond donors (Lipinski definition) is 2. The summed E-state index contributed by atoms with van der Waals surface area (Å²) in [7, 11) is 0. The Kier molecular flexibility index (Phi) is 4.75. The summed E-state index contributed by atoms with van der Waals surface area (Å²) in [5, 5.41) is 3.10. The fraction of sp³-hybridized carbons (Fsp3) is 0.692. The van der Waals surface area contributed by atoms with Crippen molar-refractivity contribution in [1.82, 2.24) is 14.9 Å². The largest absolute Gasteiger partial charge is 0.353 e. The first-order valence-electron chi connectivity index (χ1n) is 6.75. The van der Waals surface area contributed by atoms with Crippen molar-refractivity contribution < 1.29 is 4.79 Å². The quantitative estimate of drug-likeness (QED) is 0.820. The number of imidazole rings is 1. The summed E-state index contributed by atoms with van der Waals surface area (Å²) in [6.45, 7) is 0.850. The Balaban J connectivity index is 1.60. The molecule has 0 spiro atoms. The van der Waals surface area contributed by atoms with Crippen molar-refractivity contribution in [3.05, 3.63) is 18.7 Å². The molecule has 100 valence electrons. The molecule has 0 aliphatic heterocycles. The van der Waals surface area contributed by atoms with Crippen molar-refractivity contribution in [1.29, 1.82) is 0 Å². The van der Waals surface area contributed by atoms with Gasteiger partial charge in [0.15, 0.2) is 0 Å². The van der Waals surface area contributed by atoms with Crippen molar-refractivity contribution in [2.24, 2.45) is 5.73 Å².